The van der Waals surface area contributed by atoms with Crippen LogP contribution in [0.1, 0.15) is 40.0 Å². The van der Waals surface area contributed by atoms with Crippen molar-refractivity contribution >= 4 is 28.8 Å². The van der Waals surface area contributed by atoms with Gasteiger partial charge in [0.1, 0.15) is 0 Å². The van der Waals surface area contributed by atoms with E-state index in [1.54, 1.807) is 20.8 Å². The third kappa shape index (κ3) is 1.69. The fourth-order valence-electron chi connectivity index (χ4n) is 3.53. The lowest BCUT2D eigenvalue weighted by molar-refractivity contribution is -0.196. The van der Waals surface area contributed by atoms with Crippen LogP contribution in [-0.2, 0) is 19.1 Å². The molecule has 0 N–H and O–H groups in total. The number of carbonyl (C=O) groups excluding carboxylic acids is 3. The van der Waals surface area contributed by atoms with Crippen molar-refractivity contribution in [2.45, 2.75) is 40.0 Å². The predicted molar refractivity (Wildman–Crippen MR) is 60.1 cm³/mol. The second-order valence-corrected chi connectivity index (χ2v) is 6.51. The quantitative estimate of drug-likeness (QED) is 0.410. The number of esters is 2. The van der Waals surface area contributed by atoms with E-state index in [-0.39, 0.29) is 0 Å². The molecule has 4 nitrogen and oxygen atoms in total. The molecule has 17 heavy (non-hydrogen) atoms. The monoisotopic (exact) mass is 258 g/mol. The molecule has 2 aliphatic rings. The van der Waals surface area contributed by atoms with Gasteiger partial charge in [-0.15, -0.1) is 0 Å². The molecule has 0 aromatic rings. The number of halogens is 1. The van der Waals surface area contributed by atoms with Crippen molar-refractivity contribution in [1.82, 2.24) is 0 Å². The van der Waals surface area contributed by atoms with Gasteiger partial charge in [0.2, 0.25) is 5.24 Å². The van der Waals surface area contributed by atoms with E-state index in [4.69, 9.17) is 16.3 Å². The number of rotatable bonds is 1. The molecule has 1 saturated carbocycles. The van der Waals surface area contributed by atoms with E-state index in [9.17, 15) is 14.4 Å². The fraction of sp³-hybridized carbons (Fsp3) is 0.750. The maximum Gasteiger partial charge on any atom is 0.319 e. The highest BCUT2D eigenvalue weighted by Crippen LogP contribution is 2.58. The van der Waals surface area contributed by atoms with E-state index in [1.165, 1.54) is 0 Å². The zero-order chi connectivity index (χ0) is 13.1. The summed E-state index contributed by atoms with van der Waals surface area (Å²) in [6, 6.07) is 0. The van der Waals surface area contributed by atoms with Crippen molar-refractivity contribution in [1.29, 1.82) is 0 Å². The predicted octanol–water partition coefficient (Wildman–Crippen LogP) is 2.04. The zero-order valence-electron chi connectivity index (χ0n) is 10.1. The van der Waals surface area contributed by atoms with E-state index in [0.29, 0.717) is 19.3 Å². The smallest absolute Gasteiger partial charge is 0.319 e. The van der Waals surface area contributed by atoms with Gasteiger partial charge in [-0.05, 0) is 44.7 Å². The zero-order valence-corrected chi connectivity index (χ0v) is 10.9. The highest BCUT2D eigenvalue weighted by atomic mass is 35.5. The number of fused-ring (bicyclic) bond motifs is 2. The summed E-state index contributed by atoms with van der Waals surface area (Å²) in [7, 11) is 0. The Balaban J connectivity index is 2.48. The number of ether oxygens (including phenoxy) is 1. The third-order valence-electron chi connectivity index (χ3n) is 3.99. The van der Waals surface area contributed by atoms with Crippen LogP contribution in [0.2, 0.25) is 0 Å². The summed E-state index contributed by atoms with van der Waals surface area (Å²) < 4.78 is 4.80. The Bertz CT molecular complexity index is 398. The number of carbonyl (C=O) groups is 3. The molecule has 2 fully saturated rings. The average molecular weight is 259 g/mol. The summed E-state index contributed by atoms with van der Waals surface area (Å²) in [6.07, 6.45) is 1.10. The first-order valence-corrected chi connectivity index (χ1v) is 5.96. The van der Waals surface area contributed by atoms with Crippen LogP contribution in [-0.4, -0.2) is 17.2 Å². The van der Waals surface area contributed by atoms with Crippen molar-refractivity contribution < 1.29 is 19.1 Å². The lowest BCUT2D eigenvalue weighted by atomic mass is 9.53. The highest BCUT2D eigenvalue weighted by Gasteiger charge is 2.62. The minimum Gasteiger partial charge on any atom is -0.392 e. The number of hydrogen-bond acceptors (Lipinski definition) is 4. The first-order valence-electron chi connectivity index (χ1n) is 5.58. The van der Waals surface area contributed by atoms with Gasteiger partial charge >= 0.3 is 11.9 Å². The molecule has 2 rings (SSSR count). The van der Waals surface area contributed by atoms with Crippen LogP contribution in [0, 0.1) is 16.2 Å². The van der Waals surface area contributed by atoms with Gasteiger partial charge in [-0.25, -0.2) is 0 Å². The third-order valence-corrected chi connectivity index (χ3v) is 4.44. The molecule has 94 valence electrons. The standard InChI is InChI=1S/C12H15ClO4/c1-10(7(13)14)4-11(2)6-12(3,5-10)9(16)17-8(11)15/h4-6H2,1-3H3/t10?,11-,12+. The van der Waals surface area contributed by atoms with Crippen molar-refractivity contribution in [3.05, 3.63) is 0 Å². The van der Waals surface area contributed by atoms with Gasteiger partial charge in [0.05, 0.1) is 10.8 Å². The Hall–Kier alpha value is -0.900. The summed E-state index contributed by atoms with van der Waals surface area (Å²) in [5.41, 5.74) is -2.42. The van der Waals surface area contributed by atoms with Gasteiger partial charge in [-0.2, -0.15) is 0 Å². The van der Waals surface area contributed by atoms with Crippen molar-refractivity contribution in [2.24, 2.45) is 16.2 Å². The van der Waals surface area contributed by atoms with Crippen LogP contribution >= 0.6 is 11.6 Å². The molecule has 0 aromatic heterocycles. The van der Waals surface area contributed by atoms with Crippen LogP contribution in [0.25, 0.3) is 0 Å². The van der Waals surface area contributed by atoms with Gasteiger partial charge < -0.3 is 4.74 Å². The SMILES string of the molecule is CC1(C(=O)Cl)C[C@@]2(C)C[C@@](C)(C1)C(=O)OC2=O. The normalized spacial score (nSPS) is 45.4. The van der Waals surface area contributed by atoms with Gasteiger partial charge in [0.25, 0.3) is 0 Å². The Morgan fingerprint density at radius 1 is 1.06 bits per heavy atom. The highest BCUT2D eigenvalue weighted by molar-refractivity contribution is 6.64. The number of cyclic esters (lactones) is 2. The van der Waals surface area contributed by atoms with Crippen LogP contribution in [0.4, 0.5) is 0 Å². The molecule has 1 aliphatic carbocycles. The van der Waals surface area contributed by atoms with Gasteiger partial charge in [-0.3, -0.25) is 14.4 Å². The van der Waals surface area contributed by atoms with Gasteiger partial charge in [-0.1, -0.05) is 6.92 Å². The van der Waals surface area contributed by atoms with E-state index < -0.39 is 33.4 Å². The van der Waals surface area contributed by atoms with Crippen molar-refractivity contribution in [3.8, 4) is 0 Å². The Labute approximate surface area is 105 Å². The first kappa shape index (κ1) is 12.6. The molecule has 3 atom stereocenters. The average Bonchev–Trinajstić information content (AvgIpc) is 2.13. The summed E-state index contributed by atoms with van der Waals surface area (Å²) in [4.78, 5) is 35.1. The molecule has 5 heteroatoms. The minimum atomic E-state index is -0.835. The Morgan fingerprint density at radius 2 is 1.47 bits per heavy atom. The second kappa shape index (κ2) is 3.31. The molecule has 1 aliphatic heterocycles. The maximum absolute atomic E-state index is 11.8. The molecule has 0 radical (unpaired) electrons. The molecule has 1 unspecified atom stereocenters. The minimum absolute atomic E-state index is 0.337. The summed E-state index contributed by atoms with van der Waals surface area (Å²) >= 11 is 5.63. The van der Waals surface area contributed by atoms with Crippen LogP contribution in [0.15, 0.2) is 0 Å². The summed E-state index contributed by atoms with van der Waals surface area (Å²) in [6.45, 7) is 5.18. The molecule has 0 spiro atoms. The topological polar surface area (TPSA) is 60.4 Å². The van der Waals surface area contributed by atoms with E-state index in [0.717, 1.165) is 0 Å². The Kier molecular flexibility index (Phi) is 2.45. The maximum atomic E-state index is 11.8. The van der Waals surface area contributed by atoms with E-state index in [2.05, 4.69) is 0 Å². The molecular formula is C12H15ClO4. The molecule has 1 saturated heterocycles. The molecule has 0 amide bonds. The molecule has 2 bridgehead atoms. The number of hydrogen-bond donors (Lipinski definition) is 0. The first-order chi connectivity index (χ1) is 7.61. The van der Waals surface area contributed by atoms with E-state index in [1.807, 2.05) is 0 Å². The lowest BCUT2D eigenvalue weighted by Crippen LogP contribution is -2.56. The lowest BCUT2D eigenvalue weighted by Gasteiger charge is -2.51. The summed E-state index contributed by atoms with van der Waals surface area (Å²) in [5.74, 6) is -1.08. The van der Waals surface area contributed by atoms with Crippen LogP contribution in [0.5, 0.6) is 0 Å². The largest absolute Gasteiger partial charge is 0.392 e. The second-order valence-electron chi connectivity index (χ2n) is 6.16. The fourth-order valence-corrected chi connectivity index (χ4v) is 3.66. The van der Waals surface area contributed by atoms with Gasteiger partial charge in [0.15, 0.2) is 0 Å². The van der Waals surface area contributed by atoms with Gasteiger partial charge in [0, 0.05) is 5.41 Å². The van der Waals surface area contributed by atoms with Crippen molar-refractivity contribution in [2.75, 3.05) is 0 Å². The van der Waals surface area contributed by atoms with Crippen LogP contribution in [0.3, 0.4) is 0 Å². The molecular weight excluding hydrogens is 244 g/mol. The molecule has 0 aromatic carbocycles. The van der Waals surface area contributed by atoms with Crippen molar-refractivity contribution in [3.63, 3.8) is 0 Å². The summed E-state index contributed by atoms with van der Waals surface area (Å²) in [5, 5.41) is -0.489. The Morgan fingerprint density at radius 3 is 1.82 bits per heavy atom. The van der Waals surface area contributed by atoms with E-state index >= 15 is 0 Å². The van der Waals surface area contributed by atoms with Crippen LogP contribution < -0.4 is 0 Å². The molecule has 1 heterocycles.